The number of halogens is 1. The van der Waals surface area contributed by atoms with Crippen molar-refractivity contribution in [1.29, 1.82) is 0 Å². The third-order valence-corrected chi connectivity index (χ3v) is 3.26. The summed E-state index contributed by atoms with van der Waals surface area (Å²) in [6.45, 7) is 5.52. The van der Waals surface area contributed by atoms with Gasteiger partial charge in [0, 0.05) is 42.3 Å². The van der Waals surface area contributed by atoms with Gasteiger partial charge in [-0.3, -0.25) is 0 Å². The molecule has 1 aromatic carbocycles. The van der Waals surface area contributed by atoms with Crippen molar-refractivity contribution in [3.63, 3.8) is 0 Å². The van der Waals surface area contributed by atoms with Gasteiger partial charge in [0.2, 0.25) is 0 Å². The van der Waals surface area contributed by atoms with E-state index in [0.717, 1.165) is 24.7 Å². The second kappa shape index (κ2) is 6.23. The van der Waals surface area contributed by atoms with Crippen LogP contribution in [0.15, 0.2) is 24.4 Å². The summed E-state index contributed by atoms with van der Waals surface area (Å²) in [5.41, 5.74) is 2.48. The molecule has 4 heteroatoms. The number of methoxy groups -OCH3 is 1. The highest BCUT2D eigenvalue weighted by molar-refractivity contribution is 6.31. The van der Waals surface area contributed by atoms with E-state index in [1.165, 1.54) is 16.5 Å². The monoisotopic (exact) mass is 266 g/mol. The van der Waals surface area contributed by atoms with Crippen LogP contribution in [0.25, 0.3) is 10.9 Å². The van der Waals surface area contributed by atoms with E-state index < -0.39 is 0 Å². The molecular formula is C14H19ClN2O. The van der Waals surface area contributed by atoms with E-state index in [1.807, 2.05) is 12.1 Å². The Kier molecular flexibility index (Phi) is 4.64. The Morgan fingerprint density at radius 1 is 1.39 bits per heavy atom. The lowest BCUT2D eigenvalue weighted by Crippen LogP contribution is -2.11. The predicted octanol–water partition coefficient (Wildman–Crippen LogP) is 3.05. The van der Waals surface area contributed by atoms with Crippen molar-refractivity contribution >= 4 is 22.5 Å². The van der Waals surface area contributed by atoms with Gasteiger partial charge in [-0.1, -0.05) is 24.6 Å². The molecule has 0 saturated carbocycles. The summed E-state index contributed by atoms with van der Waals surface area (Å²) < 4.78 is 7.35. The number of hydrogen-bond donors (Lipinski definition) is 1. The molecule has 0 atom stereocenters. The van der Waals surface area contributed by atoms with Gasteiger partial charge in [0.1, 0.15) is 0 Å². The van der Waals surface area contributed by atoms with E-state index in [2.05, 4.69) is 29.1 Å². The molecule has 2 rings (SSSR count). The van der Waals surface area contributed by atoms with Crippen molar-refractivity contribution in [3.8, 4) is 0 Å². The molecule has 0 aliphatic rings. The lowest BCUT2D eigenvalue weighted by molar-refractivity contribution is 0.188. The Morgan fingerprint density at radius 3 is 2.94 bits per heavy atom. The van der Waals surface area contributed by atoms with Crippen LogP contribution in [0.4, 0.5) is 0 Å². The average Bonchev–Trinajstić information content (AvgIpc) is 2.71. The van der Waals surface area contributed by atoms with Gasteiger partial charge in [-0.15, -0.1) is 0 Å². The SMILES string of the molecule is CCNCc1cn(CCOC)c2cc(Cl)ccc12. The number of nitrogens with zero attached hydrogens (tertiary/aromatic N) is 1. The Bertz CT molecular complexity index is 522. The first-order valence-electron chi connectivity index (χ1n) is 6.23. The highest BCUT2D eigenvalue weighted by atomic mass is 35.5. The highest BCUT2D eigenvalue weighted by Crippen LogP contribution is 2.24. The Balaban J connectivity index is 2.39. The molecule has 18 heavy (non-hydrogen) atoms. The number of fused-ring (bicyclic) bond motifs is 1. The van der Waals surface area contributed by atoms with Gasteiger partial charge in [0.15, 0.2) is 0 Å². The Hall–Kier alpha value is -1.03. The number of aromatic nitrogens is 1. The number of nitrogens with one attached hydrogen (secondary N) is 1. The fourth-order valence-electron chi connectivity index (χ4n) is 2.12. The maximum atomic E-state index is 6.08. The van der Waals surface area contributed by atoms with Crippen molar-refractivity contribution in [2.45, 2.75) is 20.0 Å². The Morgan fingerprint density at radius 2 is 2.22 bits per heavy atom. The van der Waals surface area contributed by atoms with Crippen LogP contribution in [-0.2, 0) is 17.8 Å². The second-order valence-corrected chi connectivity index (χ2v) is 4.72. The first-order chi connectivity index (χ1) is 8.76. The summed E-state index contributed by atoms with van der Waals surface area (Å²) in [5, 5.41) is 5.40. The summed E-state index contributed by atoms with van der Waals surface area (Å²) in [7, 11) is 1.72. The van der Waals surface area contributed by atoms with Crippen LogP contribution in [0.3, 0.4) is 0 Å². The molecule has 0 radical (unpaired) electrons. The van der Waals surface area contributed by atoms with Crippen molar-refractivity contribution in [2.24, 2.45) is 0 Å². The van der Waals surface area contributed by atoms with Gasteiger partial charge in [0.25, 0.3) is 0 Å². The number of benzene rings is 1. The topological polar surface area (TPSA) is 26.2 Å². The van der Waals surface area contributed by atoms with Crippen molar-refractivity contribution < 1.29 is 4.74 Å². The summed E-state index contributed by atoms with van der Waals surface area (Å²) >= 11 is 6.08. The smallest absolute Gasteiger partial charge is 0.0641 e. The van der Waals surface area contributed by atoms with Crippen LogP contribution in [0.1, 0.15) is 12.5 Å². The lowest BCUT2D eigenvalue weighted by Gasteiger charge is -2.04. The molecule has 0 fully saturated rings. The van der Waals surface area contributed by atoms with E-state index in [4.69, 9.17) is 16.3 Å². The molecule has 1 N–H and O–H groups in total. The van der Waals surface area contributed by atoms with Gasteiger partial charge < -0.3 is 14.6 Å². The van der Waals surface area contributed by atoms with E-state index in [-0.39, 0.29) is 0 Å². The minimum absolute atomic E-state index is 0.705. The van der Waals surface area contributed by atoms with E-state index in [9.17, 15) is 0 Å². The van der Waals surface area contributed by atoms with Crippen LogP contribution in [0.5, 0.6) is 0 Å². The van der Waals surface area contributed by atoms with Crippen molar-refractivity contribution in [2.75, 3.05) is 20.3 Å². The van der Waals surface area contributed by atoms with Crippen molar-refractivity contribution in [1.82, 2.24) is 9.88 Å². The third-order valence-electron chi connectivity index (χ3n) is 3.03. The molecule has 3 nitrogen and oxygen atoms in total. The first kappa shape index (κ1) is 13.4. The molecular weight excluding hydrogens is 248 g/mol. The van der Waals surface area contributed by atoms with Crippen molar-refractivity contribution in [3.05, 3.63) is 35.0 Å². The maximum Gasteiger partial charge on any atom is 0.0641 e. The fraction of sp³-hybridized carbons (Fsp3) is 0.429. The zero-order chi connectivity index (χ0) is 13.0. The summed E-state index contributed by atoms with van der Waals surface area (Å²) in [6, 6.07) is 6.05. The standard InChI is InChI=1S/C14H19ClN2O/c1-3-16-9-11-10-17(6-7-18-2)14-8-12(15)4-5-13(11)14/h4-5,8,10,16H,3,6-7,9H2,1-2H3. The molecule has 0 spiro atoms. The zero-order valence-electron chi connectivity index (χ0n) is 10.9. The number of hydrogen-bond acceptors (Lipinski definition) is 2. The van der Waals surface area contributed by atoms with Crippen LogP contribution >= 0.6 is 11.6 Å². The third kappa shape index (κ3) is 2.86. The number of rotatable bonds is 6. The molecule has 1 aromatic heterocycles. The molecule has 1 heterocycles. The molecule has 0 bridgehead atoms. The quantitative estimate of drug-likeness (QED) is 0.870. The summed E-state index contributed by atoms with van der Waals surface area (Å²) in [4.78, 5) is 0. The fourth-order valence-corrected chi connectivity index (χ4v) is 2.28. The summed E-state index contributed by atoms with van der Waals surface area (Å²) in [6.07, 6.45) is 2.18. The molecule has 98 valence electrons. The van der Waals surface area contributed by atoms with Crippen LogP contribution < -0.4 is 5.32 Å². The minimum atomic E-state index is 0.705. The second-order valence-electron chi connectivity index (χ2n) is 4.28. The lowest BCUT2D eigenvalue weighted by atomic mass is 10.2. The van der Waals surface area contributed by atoms with Gasteiger partial charge in [-0.05, 0) is 24.2 Å². The maximum absolute atomic E-state index is 6.08. The van der Waals surface area contributed by atoms with E-state index in [1.54, 1.807) is 7.11 Å². The largest absolute Gasteiger partial charge is 0.383 e. The first-order valence-corrected chi connectivity index (χ1v) is 6.61. The van der Waals surface area contributed by atoms with Gasteiger partial charge in [-0.25, -0.2) is 0 Å². The minimum Gasteiger partial charge on any atom is -0.383 e. The average molecular weight is 267 g/mol. The van der Waals surface area contributed by atoms with Gasteiger partial charge in [-0.2, -0.15) is 0 Å². The normalized spacial score (nSPS) is 11.3. The number of ether oxygens (including phenoxy) is 1. The summed E-state index contributed by atoms with van der Waals surface area (Å²) in [5.74, 6) is 0. The highest BCUT2D eigenvalue weighted by Gasteiger charge is 2.08. The van der Waals surface area contributed by atoms with E-state index in [0.29, 0.717) is 6.61 Å². The van der Waals surface area contributed by atoms with Crippen LogP contribution in [0.2, 0.25) is 5.02 Å². The molecule has 0 aliphatic carbocycles. The Labute approximate surface area is 113 Å². The molecule has 0 amide bonds. The zero-order valence-corrected chi connectivity index (χ0v) is 11.6. The molecule has 2 aromatic rings. The molecule has 0 aliphatic heterocycles. The van der Waals surface area contributed by atoms with Gasteiger partial charge in [0.05, 0.1) is 6.61 Å². The van der Waals surface area contributed by atoms with Crippen LogP contribution in [-0.4, -0.2) is 24.8 Å². The molecule has 0 saturated heterocycles. The molecule has 0 unspecified atom stereocenters. The predicted molar refractivity (Wildman–Crippen MR) is 76.2 cm³/mol. The van der Waals surface area contributed by atoms with Crippen LogP contribution in [0, 0.1) is 0 Å². The van der Waals surface area contributed by atoms with Gasteiger partial charge >= 0.3 is 0 Å². The van der Waals surface area contributed by atoms with E-state index >= 15 is 0 Å².